The number of anilines is 1. The Labute approximate surface area is 153 Å². The van der Waals surface area contributed by atoms with Gasteiger partial charge < -0.3 is 15.2 Å². The monoisotopic (exact) mass is 351 g/mol. The number of phenols is 1. The summed E-state index contributed by atoms with van der Waals surface area (Å²) in [7, 11) is 1.55. The number of nitrogens with one attached hydrogen (secondary N) is 1. The molecular weight excluding hydrogens is 326 g/mol. The molecular formula is C21H25N3O2. The molecule has 0 atom stereocenters. The van der Waals surface area contributed by atoms with Gasteiger partial charge in [0.05, 0.1) is 7.11 Å². The largest absolute Gasteiger partial charge is 0.504 e. The first-order chi connectivity index (χ1) is 12.7. The summed E-state index contributed by atoms with van der Waals surface area (Å²) in [6.45, 7) is 2.07. The van der Waals surface area contributed by atoms with Crippen LogP contribution < -0.4 is 10.1 Å². The van der Waals surface area contributed by atoms with Crippen LogP contribution in [0.2, 0.25) is 0 Å². The fourth-order valence-electron chi connectivity index (χ4n) is 3.82. The molecule has 1 saturated carbocycles. The summed E-state index contributed by atoms with van der Waals surface area (Å²) in [6.07, 6.45) is 8.29. The lowest BCUT2D eigenvalue weighted by atomic mass is 9.95. The van der Waals surface area contributed by atoms with Crippen molar-refractivity contribution < 1.29 is 9.84 Å². The van der Waals surface area contributed by atoms with Crippen LogP contribution in [0.1, 0.15) is 37.7 Å². The van der Waals surface area contributed by atoms with Crippen molar-refractivity contribution in [3.63, 3.8) is 0 Å². The zero-order chi connectivity index (χ0) is 18.1. The molecule has 0 unspecified atom stereocenters. The first-order valence-corrected chi connectivity index (χ1v) is 9.29. The Kier molecular flexibility index (Phi) is 4.45. The number of rotatable bonds is 4. The summed E-state index contributed by atoms with van der Waals surface area (Å²) < 4.78 is 7.30. The lowest BCUT2D eigenvalue weighted by Gasteiger charge is -2.24. The van der Waals surface area contributed by atoms with Crippen LogP contribution in [0.4, 0.5) is 5.82 Å². The smallest absolute Gasteiger partial charge is 0.160 e. The van der Waals surface area contributed by atoms with Crippen LogP contribution in [0.15, 0.2) is 36.5 Å². The second kappa shape index (κ2) is 6.90. The highest BCUT2D eigenvalue weighted by Crippen LogP contribution is 2.36. The summed E-state index contributed by atoms with van der Waals surface area (Å²) in [5.41, 5.74) is 3.81. The number of phenolic OH excluding ortho intramolecular Hbond substituents is 1. The highest BCUT2D eigenvalue weighted by atomic mass is 16.5. The summed E-state index contributed by atoms with van der Waals surface area (Å²) in [5, 5.41) is 13.9. The van der Waals surface area contributed by atoms with E-state index in [-0.39, 0.29) is 5.75 Å². The summed E-state index contributed by atoms with van der Waals surface area (Å²) in [5.74, 6) is 1.60. The second-order valence-electron chi connectivity index (χ2n) is 7.06. The van der Waals surface area contributed by atoms with Gasteiger partial charge in [0.1, 0.15) is 17.2 Å². The minimum atomic E-state index is 0.127. The molecule has 0 spiro atoms. The topological polar surface area (TPSA) is 58.8 Å². The van der Waals surface area contributed by atoms with E-state index in [0.717, 1.165) is 28.3 Å². The molecule has 2 heterocycles. The maximum Gasteiger partial charge on any atom is 0.160 e. The second-order valence-corrected chi connectivity index (χ2v) is 7.06. The maximum absolute atomic E-state index is 10.2. The number of benzene rings is 1. The van der Waals surface area contributed by atoms with Gasteiger partial charge in [0.15, 0.2) is 11.5 Å². The van der Waals surface area contributed by atoms with Crippen LogP contribution in [0.5, 0.6) is 11.5 Å². The molecule has 0 radical (unpaired) electrons. The highest BCUT2D eigenvalue weighted by molar-refractivity contribution is 5.79. The molecule has 2 aromatic heterocycles. The Morgan fingerprint density at radius 2 is 2.00 bits per heavy atom. The average Bonchev–Trinajstić information content (AvgIpc) is 3.02. The van der Waals surface area contributed by atoms with Gasteiger partial charge in [0.2, 0.25) is 0 Å². The number of fused-ring (bicyclic) bond motifs is 1. The molecule has 3 aromatic rings. The number of hydrogen-bond acceptors (Lipinski definition) is 4. The van der Waals surface area contributed by atoms with Crippen molar-refractivity contribution in [1.29, 1.82) is 0 Å². The van der Waals surface area contributed by atoms with Crippen LogP contribution in [-0.2, 0) is 0 Å². The third-order valence-corrected chi connectivity index (χ3v) is 5.24. The van der Waals surface area contributed by atoms with E-state index in [0.29, 0.717) is 11.8 Å². The molecule has 1 aliphatic rings. The normalized spacial score (nSPS) is 15.3. The van der Waals surface area contributed by atoms with Crippen molar-refractivity contribution in [3.8, 4) is 22.8 Å². The fraction of sp³-hybridized carbons (Fsp3) is 0.381. The molecule has 1 aliphatic carbocycles. The van der Waals surface area contributed by atoms with Gasteiger partial charge in [-0.1, -0.05) is 25.3 Å². The van der Waals surface area contributed by atoms with E-state index < -0.39 is 0 Å². The van der Waals surface area contributed by atoms with Crippen LogP contribution in [0, 0.1) is 6.92 Å². The first-order valence-electron chi connectivity index (χ1n) is 9.29. The average molecular weight is 351 g/mol. The van der Waals surface area contributed by atoms with E-state index in [4.69, 9.17) is 9.72 Å². The third kappa shape index (κ3) is 2.98. The molecule has 5 nitrogen and oxygen atoms in total. The zero-order valence-corrected chi connectivity index (χ0v) is 15.3. The van der Waals surface area contributed by atoms with Crippen LogP contribution in [-0.4, -0.2) is 27.6 Å². The number of imidazole rings is 1. The number of hydrogen-bond donors (Lipinski definition) is 2. The molecule has 0 bridgehead atoms. The van der Waals surface area contributed by atoms with E-state index in [9.17, 15) is 5.11 Å². The molecule has 4 rings (SSSR count). The number of ether oxygens (including phenoxy) is 1. The van der Waals surface area contributed by atoms with Crippen molar-refractivity contribution in [2.75, 3.05) is 12.4 Å². The SMILES string of the molecule is COc1ccc(-c2nc3c(C)cccn3c2NC2CCCCC2)cc1O. The number of aromatic hydroxyl groups is 1. The van der Waals surface area contributed by atoms with Gasteiger partial charge >= 0.3 is 0 Å². The van der Waals surface area contributed by atoms with Gasteiger partial charge in [-0.2, -0.15) is 0 Å². The predicted octanol–water partition coefficient (Wildman–Crippen LogP) is 4.77. The van der Waals surface area contributed by atoms with Crippen molar-refractivity contribution in [2.45, 2.75) is 45.1 Å². The maximum atomic E-state index is 10.2. The Hall–Kier alpha value is -2.69. The lowest BCUT2D eigenvalue weighted by Crippen LogP contribution is -2.23. The fourth-order valence-corrected chi connectivity index (χ4v) is 3.82. The van der Waals surface area contributed by atoms with Gasteiger partial charge in [-0.05, 0) is 49.6 Å². The number of aryl methyl sites for hydroxylation is 1. The standard InChI is InChI=1S/C21H25N3O2/c1-14-7-6-12-24-20(14)23-19(15-10-11-18(26-2)17(25)13-15)21(24)22-16-8-4-3-5-9-16/h6-7,10-13,16,22,25H,3-5,8-9H2,1-2H3. The summed E-state index contributed by atoms with van der Waals surface area (Å²) in [4.78, 5) is 4.89. The number of aromatic nitrogens is 2. The van der Waals surface area contributed by atoms with Crippen molar-refractivity contribution in [3.05, 3.63) is 42.1 Å². The molecule has 2 N–H and O–H groups in total. The molecule has 0 amide bonds. The predicted molar refractivity (Wildman–Crippen MR) is 104 cm³/mol. The minimum Gasteiger partial charge on any atom is -0.504 e. The van der Waals surface area contributed by atoms with Gasteiger partial charge in [0.25, 0.3) is 0 Å². The van der Waals surface area contributed by atoms with Gasteiger partial charge in [-0.15, -0.1) is 0 Å². The molecule has 1 aromatic carbocycles. The van der Waals surface area contributed by atoms with Gasteiger partial charge in [-0.3, -0.25) is 4.40 Å². The van der Waals surface area contributed by atoms with Crippen molar-refractivity contribution in [1.82, 2.24) is 9.38 Å². The van der Waals surface area contributed by atoms with Gasteiger partial charge in [0, 0.05) is 17.8 Å². The Balaban J connectivity index is 1.83. The summed E-state index contributed by atoms with van der Waals surface area (Å²) >= 11 is 0. The molecule has 26 heavy (non-hydrogen) atoms. The van der Waals surface area contributed by atoms with E-state index in [2.05, 4.69) is 22.7 Å². The molecule has 0 aliphatic heterocycles. The van der Waals surface area contributed by atoms with E-state index in [1.54, 1.807) is 19.2 Å². The molecule has 0 saturated heterocycles. The van der Waals surface area contributed by atoms with Crippen molar-refractivity contribution in [2.24, 2.45) is 0 Å². The van der Waals surface area contributed by atoms with E-state index in [1.165, 1.54) is 32.1 Å². The first kappa shape index (κ1) is 16.8. The minimum absolute atomic E-state index is 0.127. The highest BCUT2D eigenvalue weighted by Gasteiger charge is 2.20. The van der Waals surface area contributed by atoms with Crippen LogP contribution in [0.25, 0.3) is 16.9 Å². The van der Waals surface area contributed by atoms with Crippen molar-refractivity contribution >= 4 is 11.5 Å². The lowest BCUT2D eigenvalue weighted by molar-refractivity contribution is 0.373. The van der Waals surface area contributed by atoms with Crippen LogP contribution in [0.3, 0.4) is 0 Å². The number of nitrogens with zero attached hydrogens (tertiary/aromatic N) is 2. The zero-order valence-electron chi connectivity index (χ0n) is 15.3. The Morgan fingerprint density at radius 1 is 1.19 bits per heavy atom. The number of methoxy groups -OCH3 is 1. The quantitative estimate of drug-likeness (QED) is 0.711. The van der Waals surface area contributed by atoms with E-state index >= 15 is 0 Å². The van der Waals surface area contributed by atoms with Gasteiger partial charge in [-0.25, -0.2) is 4.98 Å². The Bertz CT molecular complexity index is 926. The van der Waals surface area contributed by atoms with E-state index in [1.807, 2.05) is 18.3 Å². The summed E-state index contributed by atoms with van der Waals surface area (Å²) in [6, 6.07) is 10.0. The Morgan fingerprint density at radius 3 is 2.73 bits per heavy atom. The molecule has 5 heteroatoms. The molecule has 1 fully saturated rings. The number of pyridine rings is 1. The third-order valence-electron chi connectivity index (χ3n) is 5.24. The molecule has 136 valence electrons. The van der Waals surface area contributed by atoms with Crippen LogP contribution >= 0.6 is 0 Å².